The molecule has 0 radical (unpaired) electrons. The molecule has 0 fully saturated rings. The Morgan fingerprint density at radius 1 is 1.15 bits per heavy atom. The molecular weight excluding hydrogens is 282 g/mol. The van der Waals surface area contributed by atoms with E-state index in [9.17, 15) is 8.42 Å². The summed E-state index contributed by atoms with van der Waals surface area (Å²) in [6, 6.07) is 3.28. The Morgan fingerprint density at radius 2 is 1.85 bits per heavy atom. The maximum atomic E-state index is 12.1. The van der Waals surface area contributed by atoms with E-state index in [1.165, 1.54) is 7.11 Å². The Kier molecular flexibility index (Phi) is 6.41. The molecule has 1 aromatic carbocycles. The van der Waals surface area contributed by atoms with Gasteiger partial charge in [0.2, 0.25) is 0 Å². The highest BCUT2D eigenvalue weighted by Gasteiger charge is 2.19. The van der Waals surface area contributed by atoms with Gasteiger partial charge in [-0.3, -0.25) is 4.84 Å². The largest absolute Gasteiger partial charge is 0.494 e. The Morgan fingerprint density at radius 3 is 2.45 bits per heavy atom. The van der Waals surface area contributed by atoms with Crippen LogP contribution in [0.3, 0.4) is 0 Å². The molecule has 0 spiro atoms. The smallest absolute Gasteiger partial charge is 0.262 e. The molecule has 0 saturated heterocycles. The number of hydrogen-bond donors (Lipinski definition) is 1. The summed E-state index contributed by atoms with van der Waals surface area (Å²) in [5.41, 5.74) is 1.36. The standard InChI is InChI=1S/C13H21NO5S/c1-5-18-12-8-11(3)13(9-10(12)2)20(15,16)14-19-7-6-17-4/h8-9,14H,5-7H2,1-4H3. The molecule has 0 aliphatic carbocycles. The van der Waals surface area contributed by atoms with Crippen molar-refractivity contribution in [3.05, 3.63) is 23.3 Å². The first kappa shape index (κ1) is 16.9. The maximum Gasteiger partial charge on any atom is 0.262 e. The highest BCUT2D eigenvalue weighted by Crippen LogP contribution is 2.25. The molecule has 0 aliphatic heterocycles. The van der Waals surface area contributed by atoms with Crippen molar-refractivity contribution >= 4 is 10.0 Å². The predicted octanol–water partition coefficient (Wildman–Crippen LogP) is 1.56. The molecule has 0 heterocycles. The van der Waals surface area contributed by atoms with Crippen LogP contribution in [0.5, 0.6) is 5.75 Å². The second-order valence-corrected chi connectivity index (χ2v) is 5.86. The number of sulfonamides is 1. The van der Waals surface area contributed by atoms with Gasteiger partial charge in [-0.1, -0.05) is 4.89 Å². The molecule has 1 N–H and O–H groups in total. The fourth-order valence-electron chi connectivity index (χ4n) is 1.65. The zero-order chi connectivity index (χ0) is 15.2. The predicted molar refractivity (Wildman–Crippen MR) is 75.2 cm³/mol. The number of benzene rings is 1. The second-order valence-electron chi connectivity index (χ2n) is 4.24. The molecule has 114 valence electrons. The minimum absolute atomic E-state index is 0.144. The molecule has 0 saturated carbocycles. The number of rotatable bonds is 8. The summed E-state index contributed by atoms with van der Waals surface area (Å²) < 4.78 is 34.4. The van der Waals surface area contributed by atoms with Gasteiger partial charge in [0.25, 0.3) is 10.0 Å². The van der Waals surface area contributed by atoms with Gasteiger partial charge in [0, 0.05) is 7.11 Å². The molecule has 0 bridgehead atoms. The number of aryl methyl sites for hydroxylation is 2. The van der Waals surface area contributed by atoms with Crippen LogP contribution in [0.4, 0.5) is 0 Å². The van der Waals surface area contributed by atoms with Crippen LogP contribution in [0.2, 0.25) is 0 Å². The molecule has 7 heteroatoms. The fourth-order valence-corrected chi connectivity index (χ4v) is 2.80. The summed E-state index contributed by atoms with van der Waals surface area (Å²) in [6.07, 6.45) is 0. The van der Waals surface area contributed by atoms with Crippen molar-refractivity contribution in [3.8, 4) is 5.75 Å². The van der Waals surface area contributed by atoms with Gasteiger partial charge < -0.3 is 9.47 Å². The lowest BCUT2D eigenvalue weighted by molar-refractivity contribution is 0.0438. The second kappa shape index (κ2) is 7.58. The van der Waals surface area contributed by atoms with E-state index in [4.69, 9.17) is 14.3 Å². The summed E-state index contributed by atoms with van der Waals surface area (Å²) in [4.78, 5) is 7.13. The maximum absolute atomic E-state index is 12.1. The van der Waals surface area contributed by atoms with Gasteiger partial charge >= 0.3 is 0 Å². The van der Waals surface area contributed by atoms with Gasteiger partial charge in [-0.05, 0) is 44.0 Å². The first-order valence-electron chi connectivity index (χ1n) is 6.29. The molecule has 6 nitrogen and oxygen atoms in total. The summed E-state index contributed by atoms with van der Waals surface area (Å²) in [7, 11) is -2.20. The van der Waals surface area contributed by atoms with Crippen molar-refractivity contribution in [1.29, 1.82) is 0 Å². The van der Waals surface area contributed by atoms with Crippen LogP contribution in [-0.4, -0.2) is 35.3 Å². The van der Waals surface area contributed by atoms with Crippen LogP contribution < -0.4 is 9.62 Å². The molecule has 1 aromatic rings. The zero-order valence-corrected chi connectivity index (χ0v) is 13.0. The van der Waals surface area contributed by atoms with Gasteiger partial charge in [-0.25, -0.2) is 8.42 Å². The summed E-state index contributed by atoms with van der Waals surface area (Å²) in [5, 5.41) is 0. The van der Waals surface area contributed by atoms with Crippen molar-refractivity contribution in [3.63, 3.8) is 0 Å². The third-order valence-corrected chi connectivity index (χ3v) is 3.98. The average molecular weight is 303 g/mol. The van der Waals surface area contributed by atoms with Gasteiger partial charge in [-0.15, -0.1) is 0 Å². The lowest BCUT2D eigenvalue weighted by Gasteiger charge is -2.13. The molecule has 20 heavy (non-hydrogen) atoms. The van der Waals surface area contributed by atoms with Crippen LogP contribution in [0.1, 0.15) is 18.1 Å². The molecule has 0 aromatic heterocycles. The van der Waals surface area contributed by atoms with Gasteiger partial charge in [0.1, 0.15) is 5.75 Å². The van der Waals surface area contributed by atoms with E-state index in [0.717, 1.165) is 5.56 Å². The fraction of sp³-hybridized carbons (Fsp3) is 0.538. The highest BCUT2D eigenvalue weighted by atomic mass is 32.2. The lowest BCUT2D eigenvalue weighted by atomic mass is 10.1. The van der Waals surface area contributed by atoms with Crippen molar-refractivity contribution in [2.24, 2.45) is 0 Å². The van der Waals surface area contributed by atoms with E-state index >= 15 is 0 Å². The lowest BCUT2D eigenvalue weighted by Crippen LogP contribution is -2.26. The van der Waals surface area contributed by atoms with Crippen molar-refractivity contribution in [2.75, 3.05) is 26.9 Å². The zero-order valence-electron chi connectivity index (χ0n) is 12.2. The highest BCUT2D eigenvalue weighted by molar-refractivity contribution is 7.89. The first-order chi connectivity index (χ1) is 9.42. The minimum Gasteiger partial charge on any atom is -0.494 e. The van der Waals surface area contributed by atoms with E-state index in [1.54, 1.807) is 26.0 Å². The number of hydrogen-bond acceptors (Lipinski definition) is 5. The molecule has 0 aliphatic rings. The van der Waals surface area contributed by atoms with Crippen LogP contribution in [0.25, 0.3) is 0 Å². The van der Waals surface area contributed by atoms with E-state index in [2.05, 4.69) is 4.89 Å². The van der Waals surface area contributed by atoms with E-state index in [-0.39, 0.29) is 11.5 Å². The molecule has 0 unspecified atom stereocenters. The first-order valence-corrected chi connectivity index (χ1v) is 7.77. The molecule has 0 atom stereocenters. The Hall–Kier alpha value is -1.15. The SMILES string of the molecule is CCOc1cc(C)c(S(=O)(=O)NOCCOC)cc1C. The summed E-state index contributed by atoms with van der Waals surface area (Å²) in [5.74, 6) is 0.684. The van der Waals surface area contributed by atoms with Gasteiger partial charge in [-0.2, -0.15) is 0 Å². The van der Waals surface area contributed by atoms with E-state index in [1.807, 2.05) is 6.92 Å². The monoisotopic (exact) mass is 303 g/mol. The molecular formula is C13H21NO5S. The van der Waals surface area contributed by atoms with Crippen LogP contribution in [0.15, 0.2) is 17.0 Å². The summed E-state index contributed by atoms with van der Waals surface area (Å²) >= 11 is 0. The average Bonchev–Trinajstić information content (AvgIpc) is 2.39. The Labute approximate surface area is 120 Å². The van der Waals surface area contributed by atoms with Gasteiger partial charge in [0.05, 0.1) is 24.7 Å². The van der Waals surface area contributed by atoms with Crippen LogP contribution in [-0.2, 0) is 19.6 Å². The van der Waals surface area contributed by atoms with Crippen molar-refractivity contribution in [2.45, 2.75) is 25.7 Å². The van der Waals surface area contributed by atoms with Gasteiger partial charge in [0.15, 0.2) is 0 Å². The summed E-state index contributed by atoms with van der Waals surface area (Å²) in [6.45, 7) is 6.38. The van der Waals surface area contributed by atoms with Crippen LogP contribution in [0, 0.1) is 13.8 Å². The normalized spacial score (nSPS) is 11.6. The van der Waals surface area contributed by atoms with Crippen molar-refractivity contribution < 1.29 is 22.7 Å². The number of methoxy groups -OCH3 is 1. The Balaban J connectivity index is 2.92. The topological polar surface area (TPSA) is 73.9 Å². The minimum atomic E-state index is -3.71. The third kappa shape index (κ3) is 4.45. The number of nitrogens with one attached hydrogen (secondary N) is 1. The molecule has 0 amide bonds. The number of ether oxygens (including phenoxy) is 2. The Bertz CT molecular complexity index is 542. The van der Waals surface area contributed by atoms with Crippen molar-refractivity contribution in [1.82, 2.24) is 4.89 Å². The van der Waals surface area contributed by atoms with E-state index < -0.39 is 10.0 Å². The third-order valence-electron chi connectivity index (χ3n) is 2.62. The molecule has 1 rings (SSSR count). The van der Waals surface area contributed by atoms with E-state index in [0.29, 0.717) is 24.5 Å². The van der Waals surface area contributed by atoms with Crippen LogP contribution >= 0.6 is 0 Å². The quantitative estimate of drug-likeness (QED) is 0.583.